The van der Waals surface area contributed by atoms with Gasteiger partial charge in [-0.3, -0.25) is 0 Å². The highest BCUT2D eigenvalue weighted by Gasteiger charge is 2.00. The molecule has 0 aliphatic heterocycles. The van der Waals surface area contributed by atoms with E-state index >= 15 is 0 Å². The van der Waals surface area contributed by atoms with E-state index in [0.29, 0.717) is 19.7 Å². The number of hydrogen-bond acceptors (Lipinski definition) is 2. The number of ether oxygens (including phenoxy) is 1. The summed E-state index contributed by atoms with van der Waals surface area (Å²) < 4.78 is 5.64. The van der Waals surface area contributed by atoms with Crippen LogP contribution in [0.5, 0.6) is 5.75 Å². The van der Waals surface area contributed by atoms with Gasteiger partial charge in [-0.25, -0.2) is 4.79 Å². The largest absolute Gasteiger partial charge is 0.492 e. The second-order valence-corrected chi connectivity index (χ2v) is 5.62. The molecule has 0 aliphatic carbocycles. The average molecular weight is 326 g/mol. The maximum absolute atomic E-state index is 11.7. The second kappa shape index (κ2) is 10.3. The van der Waals surface area contributed by atoms with Gasteiger partial charge in [0, 0.05) is 6.54 Å². The van der Waals surface area contributed by atoms with Crippen molar-refractivity contribution in [3.8, 4) is 5.75 Å². The van der Waals surface area contributed by atoms with Crippen molar-refractivity contribution in [3.63, 3.8) is 0 Å². The van der Waals surface area contributed by atoms with Crippen molar-refractivity contribution in [1.82, 2.24) is 10.6 Å². The van der Waals surface area contributed by atoms with Crippen LogP contribution < -0.4 is 15.4 Å². The van der Waals surface area contributed by atoms with Gasteiger partial charge >= 0.3 is 6.03 Å². The lowest BCUT2D eigenvalue weighted by atomic mass is 10.1. The number of amides is 2. The zero-order valence-electron chi connectivity index (χ0n) is 14.3. The first-order valence-corrected chi connectivity index (χ1v) is 8.55. The van der Waals surface area contributed by atoms with E-state index in [4.69, 9.17) is 4.74 Å². The minimum absolute atomic E-state index is 0.144. The number of urea groups is 1. The Morgan fingerprint density at radius 1 is 0.958 bits per heavy atom. The summed E-state index contributed by atoms with van der Waals surface area (Å²) in [6.07, 6.45) is 2.89. The summed E-state index contributed by atoms with van der Waals surface area (Å²) in [5, 5.41) is 5.67. The summed E-state index contributed by atoms with van der Waals surface area (Å²) in [6, 6.07) is 18.2. The Balaban J connectivity index is 1.53. The number of hydrogen-bond donors (Lipinski definition) is 2. The van der Waals surface area contributed by atoms with Crippen molar-refractivity contribution >= 4 is 6.03 Å². The van der Waals surface area contributed by atoms with Crippen molar-refractivity contribution in [2.75, 3.05) is 19.7 Å². The third-order valence-electron chi connectivity index (χ3n) is 3.73. The van der Waals surface area contributed by atoms with Crippen LogP contribution in [0, 0.1) is 0 Å². The van der Waals surface area contributed by atoms with Crippen molar-refractivity contribution in [2.24, 2.45) is 0 Å². The van der Waals surface area contributed by atoms with Gasteiger partial charge in [-0.15, -0.1) is 0 Å². The van der Waals surface area contributed by atoms with Gasteiger partial charge in [0.15, 0.2) is 0 Å². The molecule has 24 heavy (non-hydrogen) atoms. The lowest BCUT2D eigenvalue weighted by Gasteiger charge is -2.10. The van der Waals surface area contributed by atoms with Crippen LogP contribution in [0.15, 0.2) is 54.6 Å². The summed E-state index contributed by atoms with van der Waals surface area (Å²) in [5.41, 5.74) is 2.54. The highest BCUT2D eigenvalue weighted by molar-refractivity contribution is 5.73. The zero-order valence-corrected chi connectivity index (χ0v) is 14.3. The van der Waals surface area contributed by atoms with Gasteiger partial charge in [0.25, 0.3) is 0 Å². The molecule has 0 unspecified atom stereocenters. The first kappa shape index (κ1) is 17.9. The summed E-state index contributed by atoms with van der Waals surface area (Å²) in [4.78, 5) is 11.7. The van der Waals surface area contributed by atoms with Gasteiger partial charge in [-0.2, -0.15) is 0 Å². The maximum atomic E-state index is 11.7. The maximum Gasteiger partial charge on any atom is 0.314 e. The molecule has 0 bridgehead atoms. The topological polar surface area (TPSA) is 50.4 Å². The van der Waals surface area contributed by atoms with E-state index in [9.17, 15) is 4.79 Å². The van der Waals surface area contributed by atoms with E-state index in [1.807, 2.05) is 36.4 Å². The molecule has 4 nitrogen and oxygen atoms in total. The highest BCUT2D eigenvalue weighted by atomic mass is 16.5. The molecule has 0 aliphatic rings. The van der Waals surface area contributed by atoms with Crippen molar-refractivity contribution in [1.29, 1.82) is 0 Å². The summed E-state index contributed by atoms with van der Waals surface area (Å²) in [6.45, 7) is 3.73. The number of carbonyl (C=O) groups excluding carboxylic acids is 1. The summed E-state index contributed by atoms with van der Waals surface area (Å²) in [7, 11) is 0. The van der Waals surface area contributed by atoms with E-state index in [1.165, 1.54) is 11.1 Å². The predicted octanol–water partition coefficient (Wildman–Crippen LogP) is 3.56. The predicted molar refractivity (Wildman–Crippen MR) is 97.5 cm³/mol. The molecule has 0 heterocycles. The van der Waals surface area contributed by atoms with Crippen LogP contribution in [0.3, 0.4) is 0 Å². The van der Waals surface area contributed by atoms with Crippen LogP contribution in [0.25, 0.3) is 0 Å². The molecule has 2 aromatic carbocycles. The summed E-state index contributed by atoms with van der Waals surface area (Å²) >= 11 is 0. The fourth-order valence-electron chi connectivity index (χ4n) is 2.39. The van der Waals surface area contributed by atoms with Crippen LogP contribution in [0.4, 0.5) is 4.79 Å². The molecule has 2 aromatic rings. The first-order chi connectivity index (χ1) is 11.8. The lowest BCUT2D eigenvalue weighted by molar-refractivity contribution is 0.236. The average Bonchev–Trinajstić information content (AvgIpc) is 2.63. The Morgan fingerprint density at radius 2 is 1.71 bits per heavy atom. The quantitative estimate of drug-likeness (QED) is 0.692. The van der Waals surface area contributed by atoms with E-state index in [1.54, 1.807) is 0 Å². The van der Waals surface area contributed by atoms with Crippen LogP contribution in [0.2, 0.25) is 0 Å². The molecule has 0 spiro atoms. The van der Waals surface area contributed by atoms with Gasteiger partial charge < -0.3 is 15.4 Å². The third-order valence-corrected chi connectivity index (χ3v) is 3.73. The SMILES string of the molecule is CCc1cccc(OCCNC(=O)NCCCc2ccccc2)c1. The number of benzene rings is 2. The number of carbonyl (C=O) groups is 1. The molecule has 0 saturated heterocycles. The van der Waals surface area contributed by atoms with E-state index in [0.717, 1.165) is 25.0 Å². The normalized spacial score (nSPS) is 10.2. The molecule has 4 heteroatoms. The lowest BCUT2D eigenvalue weighted by Crippen LogP contribution is -2.38. The molecule has 0 saturated carbocycles. The highest BCUT2D eigenvalue weighted by Crippen LogP contribution is 2.13. The zero-order chi connectivity index (χ0) is 17.0. The van der Waals surface area contributed by atoms with Crippen LogP contribution in [-0.4, -0.2) is 25.7 Å². The minimum atomic E-state index is -0.144. The molecule has 2 rings (SSSR count). The van der Waals surface area contributed by atoms with Crippen LogP contribution >= 0.6 is 0 Å². The monoisotopic (exact) mass is 326 g/mol. The molecule has 0 fully saturated rings. The Morgan fingerprint density at radius 3 is 2.50 bits per heavy atom. The number of aryl methyl sites for hydroxylation is 2. The van der Waals surface area contributed by atoms with Crippen LogP contribution in [0.1, 0.15) is 24.5 Å². The van der Waals surface area contributed by atoms with E-state index in [2.05, 4.69) is 35.8 Å². The van der Waals surface area contributed by atoms with Gasteiger partial charge in [-0.1, -0.05) is 49.4 Å². The number of nitrogens with one attached hydrogen (secondary N) is 2. The third kappa shape index (κ3) is 6.73. The van der Waals surface area contributed by atoms with E-state index < -0.39 is 0 Å². The second-order valence-electron chi connectivity index (χ2n) is 5.62. The van der Waals surface area contributed by atoms with Gasteiger partial charge in [-0.05, 0) is 42.5 Å². The Bertz CT molecular complexity index is 614. The Hall–Kier alpha value is -2.49. The Kier molecular flexibility index (Phi) is 7.68. The van der Waals surface area contributed by atoms with Crippen molar-refractivity contribution in [2.45, 2.75) is 26.2 Å². The van der Waals surface area contributed by atoms with Crippen molar-refractivity contribution < 1.29 is 9.53 Å². The molecule has 0 aromatic heterocycles. The molecule has 2 N–H and O–H groups in total. The fourth-order valence-corrected chi connectivity index (χ4v) is 2.39. The first-order valence-electron chi connectivity index (χ1n) is 8.55. The molecular formula is C20H26N2O2. The van der Waals surface area contributed by atoms with Gasteiger partial charge in [0.05, 0.1) is 6.54 Å². The number of rotatable bonds is 9. The van der Waals surface area contributed by atoms with Gasteiger partial charge in [0.1, 0.15) is 12.4 Å². The molecular weight excluding hydrogens is 300 g/mol. The summed E-state index contributed by atoms with van der Waals surface area (Å²) in [5.74, 6) is 0.847. The standard InChI is InChI=1S/C20H26N2O2/c1-2-17-10-6-12-19(16-17)24-15-14-22-20(23)21-13-7-11-18-8-4-3-5-9-18/h3-6,8-10,12,16H,2,7,11,13-15H2,1H3,(H2,21,22,23). The van der Waals surface area contributed by atoms with E-state index in [-0.39, 0.29) is 6.03 Å². The molecule has 128 valence electrons. The van der Waals surface area contributed by atoms with Gasteiger partial charge in [0.2, 0.25) is 0 Å². The van der Waals surface area contributed by atoms with Crippen LogP contribution in [-0.2, 0) is 12.8 Å². The molecule has 0 atom stereocenters. The molecule has 2 amide bonds. The molecule has 0 radical (unpaired) electrons. The Labute approximate surface area is 144 Å². The fraction of sp³-hybridized carbons (Fsp3) is 0.350. The van der Waals surface area contributed by atoms with Crippen molar-refractivity contribution in [3.05, 3.63) is 65.7 Å². The minimum Gasteiger partial charge on any atom is -0.492 e. The smallest absolute Gasteiger partial charge is 0.314 e.